The molecule has 4 aromatic heterocycles. The van der Waals surface area contributed by atoms with Gasteiger partial charge in [-0.1, -0.05) is 18.2 Å². The van der Waals surface area contributed by atoms with Crippen LogP contribution in [-0.4, -0.2) is 35.6 Å². The van der Waals surface area contributed by atoms with Gasteiger partial charge in [-0.15, -0.1) is 5.10 Å². The Bertz CT molecular complexity index is 1480. The smallest absolute Gasteiger partial charge is 0.158 e. The third kappa shape index (κ3) is 4.76. The zero-order chi connectivity index (χ0) is 25.1. The Labute approximate surface area is 209 Å². The second kappa shape index (κ2) is 9.53. The summed E-state index contributed by atoms with van der Waals surface area (Å²) in [5.74, 6) is 2.62. The van der Waals surface area contributed by atoms with E-state index in [0.29, 0.717) is 28.8 Å². The van der Waals surface area contributed by atoms with Crippen molar-refractivity contribution in [3.63, 3.8) is 0 Å². The lowest BCUT2D eigenvalue weighted by molar-refractivity contribution is 0.481. The van der Waals surface area contributed by atoms with E-state index in [1.54, 1.807) is 12.4 Å². The Balaban J connectivity index is 1.41. The summed E-state index contributed by atoms with van der Waals surface area (Å²) in [5.41, 5.74) is 4.98. The summed E-state index contributed by atoms with van der Waals surface area (Å²) in [6, 6.07) is 19.5. The molecule has 5 aromatic rings. The van der Waals surface area contributed by atoms with Crippen LogP contribution in [0, 0.1) is 13.8 Å². The lowest BCUT2D eigenvalue weighted by atomic mass is 9.84. The lowest BCUT2D eigenvalue weighted by Crippen LogP contribution is -2.21. The maximum absolute atomic E-state index is 6.30. The standard InChI is InChI=1S/C27H26N8O/c1-17-14-23(25(30-18(17)2)22-10-5-6-12-28-22)36-21-11-13-29-24(16-21)31-20-9-7-8-19(15-20)27(3,4)26-32-34-35-33-26/h5-16H,1-4H3,(H,29,31)(H,32,33,34,35). The van der Waals surface area contributed by atoms with Gasteiger partial charge < -0.3 is 10.1 Å². The molecule has 9 heteroatoms. The number of hydrogen-bond donors (Lipinski definition) is 2. The zero-order valence-corrected chi connectivity index (χ0v) is 20.5. The number of nitrogens with zero attached hydrogens (tertiary/aromatic N) is 6. The van der Waals surface area contributed by atoms with E-state index in [2.05, 4.69) is 55.8 Å². The molecule has 0 fully saturated rings. The van der Waals surface area contributed by atoms with Crippen LogP contribution in [0.25, 0.3) is 11.4 Å². The Kier molecular flexibility index (Phi) is 6.12. The van der Waals surface area contributed by atoms with Gasteiger partial charge in [0.15, 0.2) is 11.6 Å². The van der Waals surface area contributed by atoms with E-state index in [1.807, 2.05) is 68.4 Å². The van der Waals surface area contributed by atoms with Crippen LogP contribution in [0.1, 0.15) is 36.5 Å². The fraction of sp³-hybridized carbons (Fsp3) is 0.185. The largest absolute Gasteiger partial charge is 0.455 e. The van der Waals surface area contributed by atoms with E-state index < -0.39 is 5.41 Å². The third-order valence-electron chi connectivity index (χ3n) is 6.09. The lowest BCUT2D eigenvalue weighted by Gasteiger charge is -2.22. The van der Waals surface area contributed by atoms with Crippen LogP contribution >= 0.6 is 0 Å². The maximum atomic E-state index is 6.30. The minimum atomic E-state index is -0.391. The molecule has 4 heterocycles. The summed E-state index contributed by atoms with van der Waals surface area (Å²) in [5, 5.41) is 17.8. The molecule has 0 spiro atoms. The second-order valence-electron chi connectivity index (χ2n) is 9.01. The van der Waals surface area contributed by atoms with E-state index in [1.165, 1.54) is 0 Å². The fourth-order valence-corrected chi connectivity index (χ4v) is 3.81. The molecule has 36 heavy (non-hydrogen) atoms. The number of ether oxygens (including phenoxy) is 1. The van der Waals surface area contributed by atoms with Gasteiger partial charge in [0.05, 0.1) is 11.1 Å². The highest BCUT2D eigenvalue weighted by Crippen LogP contribution is 2.34. The van der Waals surface area contributed by atoms with Gasteiger partial charge in [-0.3, -0.25) is 4.98 Å². The fourth-order valence-electron chi connectivity index (χ4n) is 3.81. The number of rotatable bonds is 7. The molecule has 2 N–H and O–H groups in total. The SMILES string of the molecule is Cc1cc(Oc2ccnc(Nc3cccc(C(C)(C)c4nnn[nH]4)c3)c2)c(-c2ccccn2)nc1C. The number of hydrogen-bond acceptors (Lipinski definition) is 8. The summed E-state index contributed by atoms with van der Waals surface area (Å²) in [4.78, 5) is 13.7. The molecule has 1 aromatic carbocycles. The first kappa shape index (κ1) is 23.1. The predicted octanol–water partition coefficient (Wildman–Crippen LogP) is 5.53. The van der Waals surface area contributed by atoms with Crippen LogP contribution in [0.3, 0.4) is 0 Å². The average Bonchev–Trinajstić information content (AvgIpc) is 3.43. The van der Waals surface area contributed by atoms with E-state index >= 15 is 0 Å². The van der Waals surface area contributed by atoms with Gasteiger partial charge in [0.25, 0.3) is 0 Å². The minimum Gasteiger partial charge on any atom is -0.455 e. The molecule has 0 aliphatic heterocycles. The van der Waals surface area contributed by atoms with Gasteiger partial charge in [0.2, 0.25) is 0 Å². The summed E-state index contributed by atoms with van der Waals surface area (Å²) in [6.07, 6.45) is 3.46. The Morgan fingerprint density at radius 2 is 1.81 bits per heavy atom. The molecule has 0 amide bonds. The van der Waals surface area contributed by atoms with Gasteiger partial charge >= 0.3 is 0 Å². The highest BCUT2D eigenvalue weighted by atomic mass is 16.5. The zero-order valence-electron chi connectivity index (χ0n) is 20.5. The topological polar surface area (TPSA) is 114 Å². The van der Waals surface area contributed by atoms with Crippen molar-refractivity contribution in [1.29, 1.82) is 0 Å². The van der Waals surface area contributed by atoms with Crippen molar-refractivity contribution >= 4 is 11.5 Å². The van der Waals surface area contributed by atoms with Crippen molar-refractivity contribution in [1.82, 2.24) is 35.6 Å². The average molecular weight is 479 g/mol. The van der Waals surface area contributed by atoms with Gasteiger partial charge in [0.1, 0.15) is 17.3 Å². The van der Waals surface area contributed by atoms with Crippen molar-refractivity contribution in [2.75, 3.05) is 5.32 Å². The monoisotopic (exact) mass is 478 g/mol. The van der Waals surface area contributed by atoms with Crippen molar-refractivity contribution in [2.45, 2.75) is 33.1 Å². The molecular formula is C27H26N8O. The minimum absolute atomic E-state index is 0.391. The van der Waals surface area contributed by atoms with E-state index in [-0.39, 0.29) is 0 Å². The first-order valence-corrected chi connectivity index (χ1v) is 11.6. The normalized spacial score (nSPS) is 11.3. The Hall–Kier alpha value is -4.66. The second-order valence-corrected chi connectivity index (χ2v) is 9.01. The molecule has 0 bridgehead atoms. The maximum Gasteiger partial charge on any atom is 0.158 e. The molecule has 0 saturated heterocycles. The van der Waals surface area contributed by atoms with Gasteiger partial charge in [-0.25, -0.2) is 15.1 Å². The molecule has 0 saturated carbocycles. The first-order chi connectivity index (χ1) is 17.4. The van der Waals surface area contributed by atoms with E-state index in [9.17, 15) is 0 Å². The van der Waals surface area contributed by atoms with Crippen molar-refractivity contribution in [3.8, 4) is 22.9 Å². The molecule has 180 valence electrons. The molecule has 0 aliphatic rings. The summed E-state index contributed by atoms with van der Waals surface area (Å²) in [7, 11) is 0. The van der Waals surface area contributed by atoms with Gasteiger partial charge in [0, 0.05) is 29.8 Å². The summed E-state index contributed by atoms with van der Waals surface area (Å²) in [6.45, 7) is 8.13. The number of aromatic amines is 1. The molecule has 0 radical (unpaired) electrons. The summed E-state index contributed by atoms with van der Waals surface area (Å²) >= 11 is 0. The Morgan fingerprint density at radius 3 is 2.58 bits per heavy atom. The summed E-state index contributed by atoms with van der Waals surface area (Å²) < 4.78 is 6.30. The van der Waals surface area contributed by atoms with Crippen molar-refractivity contribution in [3.05, 3.63) is 95.7 Å². The van der Waals surface area contributed by atoms with Crippen LogP contribution in [0.4, 0.5) is 11.5 Å². The third-order valence-corrected chi connectivity index (χ3v) is 6.09. The van der Waals surface area contributed by atoms with Gasteiger partial charge in [-0.2, -0.15) is 0 Å². The molecule has 0 aliphatic carbocycles. The molecule has 0 unspecified atom stereocenters. The quantitative estimate of drug-likeness (QED) is 0.314. The number of aryl methyl sites for hydroxylation is 2. The van der Waals surface area contributed by atoms with Crippen LogP contribution < -0.4 is 10.1 Å². The number of aromatic nitrogens is 7. The Morgan fingerprint density at radius 1 is 0.917 bits per heavy atom. The number of tetrazole rings is 1. The van der Waals surface area contributed by atoms with E-state index in [4.69, 9.17) is 9.72 Å². The van der Waals surface area contributed by atoms with E-state index in [0.717, 1.165) is 28.2 Å². The first-order valence-electron chi connectivity index (χ1n) is 11.6. The highest BCUT2D eigenvalue weighted by Gasteiger charge is 2.27. The highest BCUT2D eigenvalue weighted by molar-refractivity contribution is 5.65. The van der Waals surface area contributed by atoms with Gasteiger partial charge in [-0.05, 0) is 85.6 Å². The van der Waals surface area contributed by atoms with Crippen LogP contribution in [-0.2, 0) is 5.41 Å². The van der Waals surface area contributed by atoms with Crippen LogP contribution in [0.5, 0.6) is 11.5 Å². The van der Waals surface area contributed by atoms with Crippen LogP contribution in [0.2, 0.25) is 0 Å². The predicted molar refractivity (Wildman–Crippen MR) is 137 cm³/mol. The number of benzene rings is 1. The number of H-pyrrole nitrogens is 1. The molecule has 0 atom stereocenters. The number of anilines is 2. The van der Waals surface area contributed by atoms with Crippen molar-refractivity contribution < 1.29 is 4.74 Å². The van der Waals surface area contributed by atoms with Crippen LogP contribution in [0.15, 0.2) is 73.1 Å². The number of nitrogens with one attached hydrogen (secondary N) is 2. The molecule has 9 nitrogen and oxygen atoms in total. The number of pyridine rings is 3. The molecule has 5 rings (SSSR count). The molecular weight excluding hydrogens is 452 g/mol. The van der Waals surface area contributed by atoms with Crippen molar-refractivity contribution in [2.24, 2.45) is 0 Å².